The van der Waals surface area contributed by atoms with Crippen molar-refractivity contribution in [2.24, 2.45) is 0 Å². The Balaban J connectivity index is 1.58. The molecule has 1 heterocycles. The molecule has 1 aromatic heterocycles. The van der Waals surface area contributed by atoms with Crippen LogP contribution in [0.1, 0.15) is 46.2 Å². The standard InChI is InChI=1S/C22H28N2O6/c1-13-8-17(14(2)24(13)16-6-7-16)22(26)30-12-21(25)23-11-15-9-19(28-4)20(29-5)10-18(15)27-3/h8-10,16H,6-7,11-12H2,1-5H3,(H,23,25). The summed E-state index contributed by atoms with van der Waals surface area (Å²) in [5.41, 5.74) is 3.14. The molecule has 8 heteroatoms. The Labute approximate surface area is 176 Å². The van der Waals surface area contributed by atoms with Crippen molar-refractivity contribution in [3.8, 4) is 17.2 Å². The zero-order valence-electron chi connectivity index (χ0n) is 18.0. The highest BCUT2D eigenvalue weighted by molar-refractivity contribution is 5.92. The molecule has 0 radical (unpaired) electrons. The third kappa shape index (κ3) is 4.53. The average molecular weight is 416 g/mol. The lowest BCUT2D eigenvalue weighted by atomic mass is 10.1. The van der Waals surface area contributed by atoms with Gasteiger partial charge < -0.3 is 28.8 Å². The van der Waals surface area contributed by atoms with E-state index in [2.05, 4.69) is 9.88 Å². The summed E-state index contributed by atoms with van der Waals surface area (Å²) in [5, 5.41) is 2.73. The van der Waals surface area contributed by atoms with E-state index in [4.69, 9.17) is 18.9 Å². The quantitative estimate of drug-likeness (QED) is 0.633. The van der Waals surface area contributed by atoms with Gasteiger partial charge in [0.1, 0.15) is 5.75 Å². The van der Waals surface area contributed by atoms with Crippen LogP contribution in [-0.4, -0.2) is 44.4 Å². The molecule has 0 aliphatic heterocycles. The highest BCUT2D eigenvalue weighted by Crippen LogP contribution is 2.38. The minimum Gasteiger partial charge on any atom is -0.496 e. The van der Waals surface area contributed by atoms with E-state index in [1.807, 2.05) is 19.9 Å². The number of hydrogen-bond donors (Lipinski definition) is 1. The van der Waals surface area contributed by atoms with Crippen LogP contribution in [0.15, 0.2) is 18.2 Å². The predicted molar refractivity (Wildman–Crippen MR) is 110 cm³/mol. The van der Waals surface area contributed by atoms with Gasteiger partial charge in [0.05, 0.1) is 26.9 Å². The number of esters is 1. The smallest absolute Gasteiger partial charge is 0.340 e. The third-order valence-electron chi connectivity index (χ3n) is 5.21. The Kier molecular flexibility index (Phi) is 6.54. The van der Waals surface area contributed by atoms with Gasteiger partial charge in [-0.1, -0.05) is 0 Å². The minimum absolute atomic E-state index is 0.191. The first-order valence-corrected chi connectivity index (χ1v) is 9.80. The molecule has 1 aliphatic rings. The number of ether oxygens (including phenoxy) is 4. The highest BCUT2D eigenvalue weighted by Gasteiger charge is 2.28. The average Bonchev–Trinajstić information content (AvgIpc) is 3.53. The molecule has 0 unspecified atom stereocenters. The van der Waals surface area contributed by atoms with E-state index in [1.54, 1.807) is 12.1 Å². The summed E-state index contributed by atoms with van der Waals surface area (Å²) >= 11 is 0. The summed E-state index contributed by atoms with van der Waals surface area (Å²) in [6, 6.07) is 5.72. The number of nitrogens with zero attached hydrogens (tertiary/aromatic N) is 1. The molecule has 30 heavy (non-hydrogen) atoms. The minimum atomic E-state index is -0.492. The van der Waals surface area contributed by atoms with Crippen molar-refractivity contribution >= 4 is 11.9 Å². The van der Waals surface area contributed by atoms with Crippen molar-refractivity contribution in [1.29, 1.82) is 0 Å². The molecule has 0 atom stereocenters. The van der Waals surface area contributed by atoms with Gasteiger partial charge in [-0.2, -0.15) is 0 Å². The van der Waals surface area contributed by atoms with Gasteiger partial charge in [-0.15, -0.1) is 0 Å². The number of methoxy groups -OCH3 is 3. The molecule has 1 aromatic carbocycles. The van der Waals surface area contributed by atoms with Crippen molar-refractivity contribution < 1.29 is 28.5 Å². The van der Waals surface area contributed by atoms with Gasteiger partial charge in [0.15, 0.2) is 18.1 Å². The zero-order valence-corrected chi connectivity index (χ0v) is 18.0. The van der Waals surface area contributed by atoms with Gasteiger partial charge in [0, 0.05) is 35.6 Å². The number of carbonyl (C=O) groups is 2. The fraction of sp³-hybridized carbons (Fsp3) is 0.455. The monoisotopic (exact) mass is 416 g/mol. The van der Waals surface area contributed by atoms with E-state index in [-0.39, 0.29) is 13.2 Å². The molecule has 8 nitrogen and oxygen atoms in total. The summed E-state index contributed by atoms with van der Waals surface area (Å²) in [6.07, 6.45) is 2.26. The van der Waals surface area contributed by atoms with E-state index in [1.165, 1.54) is 21.3 Å². The predicted octanol–water partition coefficient (Wildman–Crippen LogP) is 2.94. The molecule has 1 N–H and O–H groups in total. The second-order valence-electron chi connectivity index (χ2n) is 7.26. The number of carbonyl (C=O) groups excluding carboxylic acids is 2. The Bertz CT molecular complexity index is 946. The SMILES string of the molecule is COc1cc(OC)c(OC)cc1CNC(=O)COC(=O)c1cc(C)n(C2CC2)c1C. The van der Waals surface area contributed by atoms with Gasteiger partial charge in [-0.3, -0.25) is 4.79 Å². The molecular weight excluding hydrogens is 388 g/mol. The van der Waals surface area contributed by atoms with Crippen molar-refractivity contribution in [3.05, 3.63) is 40.7 Å². The summed E-state index contributed by atoms with van der Waals surface area (Å²) in [7, 11) is 4.61. The van der Waals surface area contributed by atoms with Gasteiger partial charge in [-0.05, 0) is 38.8 Å². The van der Waals surface area contributed by atoms with Crippen molar-refractivity contribution in [1.82, 2.24) is 9.88 Å². The summed E-state index contributed by atoms with van der Waals surface area (Å²) in [4.78, 5) is 24.7. The molecule has 1 fully saturated rings. The van der Waals surface area contributed by atoms with Crippen LogP contribution in [0.2, 0.25) is 0 Å². The number of benzene rings is 1. The first-order valence-electron chi connectivity index (χ1n) is 9.80. The van der Waals surface area contributed by atoms with Crippen LogP contribution in [0.4, 0.5) is 0 Å². The molecular formula is C22H28N2O6. The normalized spacial score (nSPS) is 13.0. The Morgan fingerprint density at radius 3 is 2.23 bits per heavy atom. The zero-order chi connectivity index (χ0) is 21.8. The third-order valence-corrected chi connectivity index (χ3v) is 5.21. The number of aryl methyl sites for hydroxylation is 1. The van der Waals surface area contributed by atoms with Crippen LogP contribution in [0, 0.1) is 13.8 Å². The van der Waals surface area contributed by atoms with Gasteiger partial charge in [0.25, 0.3) is 5.91 Å². The topological polar surface area (TPSA) is 88.0 Å². The van der Waals surface area contributed by atoms with Crippen molar-refractivity contribution in [2.75, 3.05) is 27.9 Å². The summed E-state index contributed by atoms with van der Waals surface area (Å²) in [5.74, 6) is 0.713. The number of aromatic nitrogens is 1. The van der Waals surface area contributed by atoms with E-state index >= 15 is 0 Å². The fourth-order valence-corrected chi connectivity index (χ4v) is 3.56. The molecule has 1 amide bonds. The lowest BCUT2D eigenvalue weighted by Crippen LogP contribution is -2.28. The van der Waals surface area contributed by atoms with Crippen LogP contribution in [0.3, 0.4) is 0 Å². The maximum atomic E-state index is 12.4. The summed E-state index contributed by atoms with van der Waals surface area (Å²) in [6.45, 7) is 3.72. The van der Waals surface area contributed by atoms with Crippen LogP contribution < -0.4 is 19.5 Å². The Morgan fingerprint density at radius 1 is 1.00 bits per heavy atom. The lowest BCUT2D eigenvalue weighted by Gasteiger charge is -2.14. The maximum absolute atomic E-state index is 12.4. The fourth-order valence-electron chi connectivity index (χ4n) is 3.56. The highest BCUT2D eigenvalue weighted by atomic mass is 16.5. The van der Waals surface area contributed by atoms with Crippen molar-refractivity contribution in [3.63, 3.8) is 0 Å². The second-order valence-corrected chi connectivity index (χ2v) is 7.26. The Morgan fingerprint density at radius 2 is 1.63 bits per heavy atom. The Hall–Kier alpha value is -3.16. The number of nitrogens with one attached hydrogen (secondary N) is 1. The van der Waals surface area contributed by atoms with Crippen LogP contribution >= 0.6 is 0 Å². The second kappa shape index (κ2) is 9.11. The lowest BCUT2D eigenvalue weighted by molar-refractivity contribution is -0.124. The molecule has 0 saturated heterocycles. The van der Waals surface area contributed by atoms with E-state index in [0.29, 0.717) is 34.4 Å². The van der Waals surface area contributed by atoms with Crippen LogP contribution in [0.5, 0.6) is 17.2 Å². The first-order chi connectivity index (χ1) is 14.4. The number of rotatable bonds is 9. The summed E-state index contributed by atoms with van der Waals surface area (Å²) < 4.78 is 23.3. The molecule has 1 saturated carbocycles. The molecule has 3 rings (SSSR count). The molecule has 162 valence electrons. The largest absolute Gasteiger partial charge is 0.496 e. The van der Waals surface area contributed by atoms with Crippen molar-refractivity contribution in [2.45, 2.75) is 39.3 Å². The van der Waals surface area contributed by atoms with E-state index < -0.39 is 11.9 Å². The maximum Gasteiger partial charge on any atom is 0.340 e. The first kappa shape index (κ1) is 21.5. The van der Waals surface area contributed by atoms with Gasteiger partial charge in [0.2, 0.25) is 0 Å². The van der Waals surface area contributed by atoms with Gasteiger partial charge >= 0.3 is 5.97 Å². The number of hydrogen-bond acceptors (Lipinski definition) is 6. The molecule has 2 aromatic rings. The van der Waals surface area contributed by atoms with E-state index in [9.17, 15) is 9.59 Å². The van der Waals surface area contributed by atoms with Crippen LogP contribution in [0.25, 0.3) is 0 Å². The molecule has 0 spiro atoms. The molecule has 1 aliphatic carbocycles. The van der Waals surface area contributed by atoms with Gasteiger partial charge in [-0.25, -0.2) is 4.79 Å². The number of amides is 1. The van der Waals surface area contributed by atoms with Crippen LogP contribution in [-0.2, 0) is 16.1 Å². The molecule has 0 bridgehead atoms. The van der Waals surface area contributed by atoms with E-state index in [0.717, 1.165) is 24.2 Å².